The summed E-state index contributed by atoms with van der Waals surface area (Å²) in [6.07, 6.45) is 4.43. The molecule has 0 aliphatic heterocycles. The third kappa shape index (κ3) is 4.98. The minimum Gasteiger partial charge on any atom is -0.493 e. The van der Waals surface area contributed by atoms with Gasteiger partial charge >= 0.3 is 0 Å². The Hall–Kier alpha value is -3.07. The number of ether oxygens (including phenoxy) is 1. The Balaban J connectivity index is 0.000000166. The quantitative estimate of drug-likeness (QED) is 0.320. The second-order valence-electron chi connectivity index (χ2n) is 6.46. The van der Waals surface area contributed by atoms with Gasteiger partial charge in [0.1, 0.15) is 5.75 Å². The van der Waals surface area contributed by atoms with E-state index < -0.39 is 0 Å². The summed E-state index contributed by atoms with van der Waals surface area (Å²) in [6, 6.07) is 24.2. The second-order valence-corrected chi connectivity index (χ2v) is 6.46. The number of aldehydes is 1. The van der Waals surface area contributed by atoms with Gasteiger partial charge in [-0.1, -0.05) is 74.4 Å². The van der Waals surface area contributed by atoms with Gasteiger partial charge in [0, 0.05) is 16.3 Å². The molecule has 0 fully saturated rings. The van der Waals surface area contributed by atoms with E-state index in [0.29, 0.717) is 5.69 Å². The van der Waals surface area contributed by atoms with Gasteiger partial charge in [-0.25, -0.2) is 0 Å². The van der Waals surface area contributed by atoms with E-state index in [0.717, 1.165) is 36.0 Å². The van der Waals surface area contributed by atoms with Crippen molar-refractivity contribution >= 4 is 28.0 Å². The summed E-state index contributed by atoms with van der Waals surface area (Å²) in [7, 11) is 0. The number of benzene rings is 3. The molecular formula is C24H25NO2. The first-order valence-corrected chi connectivity index (χ1v) is 9.45. The topological polar surface area (TPSA) is 42.1 Å². The fraction of sp³-hybridized carbons (Fsp3) is 0.208. The predicted molar refractivity (Wildman–Crippen MR) is 113 cm³/mol. The molecule has 4 aromatic rings. The molecule has 0 aliphatic rings. The third-order valence-corrected chi connectivity index (χ3v) is 4.43. The summed E-state index contributed by atoms with van der Waals surface area (Å²) >= 11 is 0. The Morgan fingerprint density at radius 1 is 0.889 bits per heavy atom. The van der Waals surface area contributed by atoms with Crippen LogP contribution >= 0.6 is 0 Å². The number of hydrogen-bond donors (Lipinski definition) is 1. The monoisotopic (exact) mass is 359 g/mol. The minimum atomic E-state index is 0.631. The van der Waals surface area contributed by atoms with Gasteiger partial charge in [0.2, 0.25) is 0 Å². The van der Waals surface area contributed by atoms with E-state index in [-0.39, 0.29) is 0 Å². The van der Waals surface area contributed by atoms with Gasteiger partial charge in [0.15, 0.2) is 6.29 Å². The van der Waals surface area contributed by atoms with Crippen LogP contribution in [0.5, 0.6) is 5.75 Å². The molecule has 3 aromatic carbocycles. The summed E-state index contributed by atoms with van der Waals surface area (Å²) in [5.41, 5.74) is 1.64. The van der Waals surface area contributed by atoms with E-state index in [1.54, 1.807) is 0 Å². The zero-order chi connectivity index (χ0) is 18.9. The number of carbonyl (C=O) groups excluding carboxylic acids is 1. The Bertz CT molecular complexity index is 965. The number of unbranched alkanes of at least 4 members (excludes halogenated alkanes) is 2. The first kappa shape index (κ1) is 18.7. The molecule has 0 saturated carbocycles. The number of nitrogens with one attached hydrogen (secondary N) is 1. The van der Waals surface area contributed by atoms with Crippen LogP contribution in [0.2, 0.25) is 0 Å². The lowest BCUT2D eigenvalue weighted by molar-refractivity contribution is 0.112. The van der Waals surface area contributed by atoms with Crippen molar-refractivity contribution in [3.05, 3.63) is 78.5 Å². The first-order valence-electron chi connectivity index (χ1n) is 9.45. The molecule has 1 aromatic heterocycles. The molecule has 0 radical (unpaired) electrons. The van der Waals surface area contributed by atoms with Crippen molar-refractivity contribution in [3.63, 3.8) is 0 Å². The van der Waals surface area contributed by atoms with Crippen LogP contribution in [0, 0.1) is 0 Å². The molecular weight excluding hydrogens is 334 g/mol. The van der Waals surface area contributed by atoms with Crippen LogP contribution in [0.4, 0.5) is 0 Å². The lowest BCUT2D eigenvalue weighted by atomic mass is 10.1. The summed E-state index contributed by atoms with van der Waals surface area (Å²) in [4.78, 5) is 13.3. The first-order chi connectivity index (χ1) is 13.3. The maximum Gasteiger partial charge on any atom is 0.166 e. The van der Waals surface area contributed by atoms with Crippen molar-refractivity contribution in [3.8, 4) is 5.75 Å². The SMILES string of the molecule is CCCCCOc1cccc2ccccc12.O=Cc1cc2ccccc2[nH]1. The molecule has 1 heterocycles. The highest BCUT2D eigenvalue weighted by Gasteiger charge is 2.00. The summed E-state index contributed by atoms with van der Waals surface area (Å²) in [5, 5.41) is 3.53. The molecule has 0 unspecified atom stereocenters. The van der Waals surface area contributed by atoms with Crippen LogP contribution in [-0.4, -0.2) is 17.9 Å². The zero-order valence-corrected chi connectivity index (χ0v) is 15.7. The van der Waals surface area contributed by atoms with Crippen LogP contribution in [-0.2, 0) is 0 Å². The molecule has 3 heteroatoms. The fourth-order valence-corrected chi connectivity index (χ4v) is 3.02. The van der Waals surface area contributed by atoms with Crippen molar-refractivity contribution in [2.45, 2.75) is 26.2 Å². The van der Waals surface area contributed by atoms with E-state index in [4.69, 9.17) is 4.74 Å². The molecule has 4 rings (SSSR count). The normalized spacial score (nSPS) is 10.4. The summed E-state index contributed by atoms with van der Waals surface area (Å²) in [6.45, 7) is 3.03. The van der Waals surface area contributed by atoms with Crippen molar-refractivity contribution in [2.24, 2.45) is 0 Å². The van der Waals surface area contributed by atoms with Crippen LogP contribution in [0.3, 0.4) is 0 Å². The van der Waals surface area contributed by atoms with Crippen LogP contribution in [0.15, 0.2) is 72.8 Å². The molecule has 3 nitrogen and oxygen atoms in total. The van der Waals surface area contributed by atoms with Gasteiger partial charge in [0.05, 0.1) is 12.3 Å². The lowest BCUT2D eigenvalue weighted by Gasteiger charge is -2.08. The highest BCUT2D eigenvalue weighted by atomic mass is 16.5. The molecule has 138 valence electrons. The largest absolute Gasteiger partial charge is 0.493 e. The maximum atomic E-state index is 10.3. The Morgan fingerprint density at radius 2 is 1.63 bits per heavy atom. The van der Waals surface area contributed by atoms with Gasteiger partial charge in [-0.2, -0.15) is 0 Å². The number of H-pyrrole nitrogens is 1. The summed E-state index contributed by atoms with van der Waals surface area (Å²) < 4.78 is 5.82. The van der Waals surface area contributed by atoms with E-state index in [1.165, 1.54) is 23.6 Å². The Morgan fingerprint density at radius 3 is 2.41 bits per heavy atom. The van der Waals surface area contributed by atoms with Gasteiger partial charge < -0.3 is 9.72 Å². The van der Waals surface area contributed by atoms with E-state index in [2.05, 4.69) is 48.3 Å². The molecule has 0 spiro atoms. The van der Waals surface area contributed by atoms with Gasteiger partial charge in [-0.3, -0.25) is 4.79 Å². The predicted octanol–water partition coefficient (Wildman–Crippen LogP) is 6.39. The third-order valence-electron chi connectivity index (χ3n) is 4.43. The highest BCUT2D eigenvalue weighted by Crippen LogP contribution is 2.25. The number of carbonyl (C=O) groups is 1. The highest BCUT2D eigenvalue weighted by molar-refractivity contribution is 5.88. The lowest BCUT2D eigenvalue weighted by Crippen LogP contribution is -1.97. The Labute approximate surface area is 160 Å². The van der Waals surface area contributed by atoms with Crippen LogP contribution < -0.4 is 4.74 Å². The molecule has 0 saturated heterocycles. The van der Waals surface area contributed by atoms with Crippen molar-refractivity contribution in [2.75, 3.05) is 6.61 Å². The smallest absolute Gasteiger partial charge is 0.166 e. The number of rotatable bonds is 6. The van der Waals surface area contributed by atoms with Gasteiger partial charge in [0.25, 0.3) is 0 Å². The molecule has 27 heavy (non-hydrogen) atoms. The molecule has 0 amide bonds. The van der Waals surface area contributed by atoms with E-state index >= 15 is 0 Å². The number of hydrogen-bond acceptors (Lipinski definition) is 2. The minimum absolute atomic E-state index is 0.631. The number of para-hydroxylation sites is 1. The van der Waals surface area contributed by atoms with E-state index in [1.807, 2.05) is 36.4 Å². The molecule has 0 bridgehead atoms. The van der Waals surface area contributed by atoms with Crippen molar-refractivity contribution < 1.29 is 9.53 Å². The number of fused-ring (bicyclic) bond motifs is 2. The molecule has 1 N–H and O–H groups in total. The zero-order valence-electron chi connectivity index (χ0n) is 15.7. The average molecular weight is 359 g/mol. The van der Waals surface area contributed by atoms with Crippen molar-refractivity contribution in [1.82, 2.24) is 4.98 Å². The summed E-state index contributed by atoms with van der Waals surface area (Å²) in [5.74, 6) is 1.01. The second kappa shape index (κ2) is 9.58. The molecule has 0 atom stereocenters. The van der Waals surface area contributed by atoms with Gasteiger partial charge in [-0.15, -0.1) is 0 Å². The fourth-order valence-electron chi connectivity index (χ4n) is 3.02. The van der Waals surface area contributed by atoms with E-state index in [9.17, 15) is 4.79 Å². The maximum absolute atomic E-state index is 10.3. The standard InChI is InChI=1S/C15H18O.C9H7NO/c1-2-3-6-12-16-15-11-7-9-13-8-4-5-10-14(13)15;11-6-8-5-7-3-1-2-4-9(7)10-8/h4-5,7-11H,2-3,6,12H2,1H3;1-6,10H. The Kier molecular flexibility index (Phi) is 6.64. The van der Waals surface area contributed by atoms with Gasteiger partial charge in [-0.05, 0) is 30.0 Å². The number of aromatic nitrogens is 1. The van der Waals surface area contributed by atoms with Crippen LogP contribution in [0.1, 0.15) is 36.7 Å². The van der Waals surface area contributed by atoms with Crippen LogP contribution in [0.25, 0.3) is 21.7 Å². The average Bonchev–Trinajstić information content (AvgIpc) is 3.15. The number of aromatic amines is 1. The van der Waals surface area contributed by atoms with Crippen molar-refractivity contribution in [1.29, 1.82) is 0 Å². The molecule has 0 aliphatic carbocycles.